The average Bonchev–Trinajstić information content (AvgIpc) is 2.80. The van der Waals surface area contributed by atoms with Crippen molar-refractivity contribution in [1.29, 1.82) is 0 Å². The third kappa shape index (κ3) is 2.64. The van der Waals surface area contributed by atoms with Crippen LogP contribution < -0.4 is 5.73 Å². The molecule has 0 heterocycles. The SMILES string of the molecule is N[C@H](c1cccc(C(F)(F)F)c1Cl)C1CCCC1. The fraction of sp³-hybridized carbons (Fsp3) is 0.538. The first-order valence-corrected chi connectivity index (χ1v) is 6.40. The Labute approximate surface area is 109 Å². The second-order valence-electron chi connectivity index (χ2n) is 4.78. The summed E-state index contributed by atoms with van der Waals surface area (Å²) in [5, 5.41) is -0.246. The minimum Gasteiger partial charge on any atom is -0.324 e. The van der Waals surface area contributed by atoms with E-state index in [2.05, 4.69) is 0 Å². The highest BCUT2D eigenvalue weighted by molar-refractivity contribution is 6.32. The normalized spacial score (nSPS) is 19.2. The molecule has 1 aromatic carbocycles. The van der Waals surface area contributed by atoms with Crippen molar-refractivity contribution in [3.63, 3.8) is 0 Å². The predicted octanol–water partition coefficient (Wildman–Crippen LogP) is 4.55. The van der Waals surface area contributed by atoms with Crippen LogP contribution in [0.3, 0.4) is 0 Å². The quantitative estimate of drug-likeness (QED) is 0.843. The molecule has 0 bridgehead atoms. The molecule has 0 aliphatic heterocycles. The number of benzene rings is 1. The number of halogens is 4. The number of hydrogen-bond donors (Lipinski definition) is 1. The molecule has 18 heavy (non-hydrogen) atoms. The lowest BCUT2D eigenvalue weighted by Gasteiger charge is -2.22. The van der Waals surface area contributed by atoms with Gasteiger partial charge in [-0.3, -0.25) is 0 Å². The van der Waals surface area contributed by atoms with Gasteiger partial charge in [0.2, 0.25) is 0 Å². The van der Waals surface area contributed by atoms with Crippen molar-refractivity contribution < 1.29 is 13.2 Å². The molecule has 0 saturated heterocycles. The zero-order valence-electron chi connectivity index (χ0n) is 9.80. The van der Waals surface area contributed by atoms with Gasteiger partial charge in [-0.1, -0.05) is 36.6 Å². The van der Waals surface area contributed by atoms with Gasteiger partial charge in [-0.05, 0) is 30.4 Å². The van der Waals surface area contributed by atoms with Crippen LogP contribution in [-0.2, 0) is 6.18 Å². The molecular weight excluding hydrogens is 263 g/mol. The predicted molar refractivity (Wildman–Crippen MR) is 65.3 cm³/mol. The summed E-state index contributed by atoms with van der Waals surface area (Å²) in [6.07, 6.45) is -0.312. The molecule has 2 rings (SSSR count). The van der Waals surface area contributed by atoms with Gasteiger partial charge >= 0.3 is 6.18 Å². The van der Waals surface area contributed by atoms with Gasteiger partial charge in [0.25, 0.3) is 0 Å². The Morgan fingerprint density at radius 1 is 1.22 bits per heavy atom. The summed E-state index contributed by atoms with van der Waals surface area (Å²) < 4.78 is 38.2. The largest absolute Gasteiger partial charge is 0.417 e. The van der Waals surface area contributed by atoms with E-state index in [1.54, 1.807) is 6.07 Å². The van der Waals surface area contributed by atoms with Crippen LogP contribution in [0.15, 0.2) is 18.2 Å². The summed E-state index contributed by atoms with van der Waals surface area (Å²) in [6, 6.07) is 3.56. The van der Waals surface area contributed by atoms with Crippen LogP contribution >= 0.6 is 11.6 Å². The summed E-state index contributed by atoms with van der Waals surface area (Å²) in [5.74, 6) is 0.242. The van der Waals surface area contributed by atoms with E-state index >= 15 is 0 Å². The Kier molecular flexibility index (Phi) is 3.87. The van der Waals surface area contributed by atoms with E-state index < -0.39 is 17.8 Å². The fourth-order valence-electron chi connectivity index (χ4n) is 2.60. The van der Waals surface area contributed by atoms with Gasteiger partial charge < -0.3 is 5.73 Å². The Balaban J connectivity index is 2.33. The van der Waals surface area contributed by atoms with E-state index in [-0.39, 0.29) is 10.9 Å². The van der Waals surface area contributed by atoms with Gasteiger partial charge in [-0.15, -0.1) is 0 Å². The number of alkyl halides is 3. The zero-order valence-corrected chi connectivity index (χ0v) is 10.6. The van der Waals surface area contributed by atoms with Gasteiger partial charge in [-0.25, -0.2) is 0 Å². The highest BCUT2D eigenvalue weighted by atomic mass is 35.5. The van der Waals surface area contributed by atoms with E-state index in [0.717, 1.165) is 31.7 Å². The van der Waals surface area contributed by atoms with Crippen LogP contribution in [0.25, 0.3) is 0 Å². The molecule has 5 heteroatoms. The molecule has 0 radical (unpaired) electrons. The fourth-order valence-corrected chi connectivity index (χ4v) is 2.96. The lowest BCUT2D eigenvalue weighted by atomic mass is 9.91. The molecule has 0 unspecified atom stereocenters. The molecule has 1 saturated carbocycles. The highest BCUT2D eigenvalue weighted by Crippen LogP contribution is 2.41. The van der Waals surface area contributed by atoms with Gasteiger partial charge in [0.15, 0.2) is 0 Å². The molecule has 100 valence electrons. The minimum absolute atomic E-state index is 0.242. The standard InChI is InChI=1S/C13H15ClF3N/c14-11-9(12(18)8-4-1-2-5-8)6-3-7-10(11)13(15,16)17/h3,6-8,12H,1-2,4-5,18H2/t12-/m0/s1. The van der Waals surface area contributed by atoms with Gasteiger partial charge in [0.05, 0.1) is 10.6 Å². The number of rotatable bonds is 2. The van der Waals surface area contributed by atoms with Crippen molar-refractivity contribution in [3.8, 4) is 0 Å². The molecular formula is C13H15ClF3N. The summed E-state index contributed by atoms with van der Waals surface area (Å²) in [5.41, 5.74) is 5.68. The molecule has 1 nitrogen and oxygen atoms in total. The summed E-state index contributed by atoms with van der Waals surface area (Å²) in [4.78, 5) is 0. The van der Waals surface area contributed by atoms with Gasteiger partial charge in [-0.2, -0.15) is 13.2 Å². The van der Waals surface area contributed by atoms with E-state index in [4.69, 9.17) is 17.3 Å². The molecule has 0 aromatic heterocycles. The lowest BCUT2D eigenvalue weighted by molar-refractivity contribution is -0.137. The van der Waals surface area contributed by atoms with Crippen molar-refractivity contribution >= 4 is 11.6 Å². The van der Waals surface area contributed by atoms with E-state index in [9.17, 15) is 13.2 Å². The summed E-state index contributed by atoms with van der Waals surface area (Å²) >= 11 is 5.87. The molecule has 1 aromatic rings. The smallest absolute Gasteiger partial charge is 0.324 e. The molecule has 0 amide bonds. The van der Waals surface area contributed by atoms with E-state index in [1.807, 2.05) is 0 Å². The van der Waals surface area contributed by atoms with Crippen molar-refractivity contribution in [3.05, 3.63) is 34.3 Å². The van der Waals surface area contributed by atoms with Crippen molar-refractivity contribution in [2.45, 2.75) is 37.9 Å². The van der Waals surface area contributed by atoms with Crippen molar-refractivity contribution in [1.82, 2.24) is 0 Å². The first-order valence-electron chi connectivity index (χ1n) is 6.02. The Morgan fingerprint density at radius 3 is 2.39 bits per heavy atom. The Morgan fingerprint density at radius 2 is 1.83 bits per heavy atom. The zero-order chi connectivity index (χ0) is 13.3. The lowest BCUT2D eigenvalue weighted by Crippen LogP contribution is -2.20. The Hall–Kier alpha value is -0.740. The summed E-state index contributed by atoms with van der Waals surface area (Å²) in [6.45, 7) is 0. The van der Waals surface area contributed by atoms with Crippen LogP contribution in [0.1, 0.15) is 42.9 Å². The van der Waals surface area contributed by atoms with Crippen LogP contribution in [-0.4, -0.2) is 0 Å². The topological polar surface area (TPSA) is 26.0 Å². The average molecular weight is 278 g/mol. The van der Waals surface area contributed by atoms with Gasteiger partial charge in [0.1, 0.15) is 0 Å². The maximum Gasteiger partial charge on any atom is 0.417 e. The molecule has 1 atom stereocenters. The van der Waals surface area contributed by atoms with E-state index in [0.29, 0.717) is 5.56 Å². The number of nitrogens with two attached hydrogens (primary N) is 1. The third-order valence-electron chi connectivity index (χ3n) is 3.60. The van der Waals surface area contributed by atoms with Gasteiger partial charge in [0, 0.05) is 6.04 Å². The molecule has 2 N–H and O–H groups in total. The van der Waals surface area contributed by atoms with Crippen molar-refractivity contribution in [2.24, 2.45) is 11.7 Å². The first-order chi connectivity index (χ1) is 8.41. The highest BCUT2D eigenvalue weighted by Gasteiger charge is 2.35. The van der Waals surface area contributed by atoms with Crippen LogP contribution in [0.2, 0.25) is 5.02 Å². The van der Waals surface area contributed by atoms with Crippen LogP contribution in [0.4, 0.5) is 13.2 Å². The Bertz CT molecular complexity index is 425. The van der Waals surface area contributed by atoms with Crippen LogP contribution in [0.5, 0.6) is 0 Å². The second-order valence-corrected chi connectivity index (χ2v) is 5.15. The summed E-state index contributed by atoms with van der Waals surface area (Å²) in [7, 11) is 0. The molecule has 1 aliphatic rings. The molecule has 1 fully saturated rings. The molecule has 0 spiro atoms. The van der Waals surface area contributed by atoms with Crippen LogP contribution in [0, 0.1) is 5.92 Å². The maximum atomic E-state index is 12.7. The molecule has 1 aliphatic carbocycles. The second kappa shape index (κ2) is 5.10. The van der Waals surface area contributed by atoms with E-state index in [1.165, 1.54) is 6.07 Å². The number of hydrogen-bond acceptors (Lipinski definition) is 1. The monoisotopic (exact) mass is 277 g/mol. The first kappa shape index (κ1) is 13.7. The minimum atomic E-state index is -4.43. The maximum absolute atomic E-state index is 12.7. The van der Waals surface area contributed by atoms with Crippen molar-refractivity contribution in [2.75, 3.05) is 0 Å². The third-order valence-corrected chi connectivity index (χ3v) is 4.02.